The Morgan fingerprint density at radius 2 is 1.86 bits per heavy atom. The minimum Gasteiger partial charge on any atom is -0.465 e. The predicted octanol–water partition coefficient (Wildman–Crippen LogP) is 4.76. The molecule has 0 radical (unpaired) electrons. The molecule has 2 heterocycles. The number of nitrogens with zero attached hydrogens (tertiary/aromatic N) is 2. The first-order valence-electron chi connectivity index (χ1n) is 12.9. The van der Waals surface area contributed by atoms with Gasteiger partial charge in [-0.05, 0) is 60.2 Å². The number of likely N-dealkylation sites (tertiary alicyclic amines) is 1. The number of carbonyl (C=O) groups excluding carboxylic acids is 3. The fourth-order valence-electron chi connectivity index (χ4n) is 5.15. The maximum atomic E-state index is 14.0. The summed E-state index contributed by atoms with van der Waals surface area (Å²) in [6, 6.07) is 12.6. The van der Waals surface area contributed by atoms with Gasteiger partial charge in [-0.15, -0.1) is 0 Å². The van der Waals surface area contributed by atoms with Crippen LogP contribution in [0.25, 0.3) is 0 Å². The Hall–Kier alpha value is -4.71. The van der Waals surface area contributed by atoms with Crippen LogP contribution in [0.2, 0.25) is 5.02 Å². The summed E-state index contributed by atoms with van der Waals surface area (Å²) in [6.07, 6.45) is -1.75. The third kappa shape index (κ3) is 5.70. The molecule has 0 bridgehead atoms. The molecular formula is C29H25ClF2N4O6. The molecule has 0 aliphatic carbocycles. The molecule has 42 heavy (non-hydrogen) atoms. The van der Waals surface area contributed by atoms with Crippen LogP contribution in [-0.4, -0.2) is 60.2 Å². The summed E-state index contributed by atoms with van der Waals surface area (Å²) in [4.78, 5) is 53.1. The lowest BCUT2D eigenvalue weighted by Crippen LogP contribution is -2.50. The number of hydrogen-bond donors (Lipinski definition) is 3. The second kappa shape index (κ2) is 11.3. The molecule has 1 saturated heterocycles. The molecule has 5 rings (SSSR count). The summed E-state index contributed by atoms with van der Waals surface area (Å²) < 4.78 is 33.3. The van der Waals surface area contributed by atoms with Crippen molar-refractivity contribution < 1.29 is 37.8 Å². The number of benzene rings is 3. The summed E-state index contributed by atoms with van der Waals surface area (Å²) >= 11 is 6.21. The molecule has 2 atom stereocenters. The lowest BCUT2D eigenvalue weighted by Gasteiger charge is -2.35. The summed E-state index contributed by atoms with van der Waals surface area (Å²) in [5, 5.41) is 14.9. The number of fused-ring (bicyclic) bond motifs is 2. The Morgan fingerprint density at radius 3 is 2.55 bits per heavy atom. The molecule has 2 aliphatic heterocycles. The highest BCUT2D eigenvalue weighted by atomic mass is 35.5. The Balaban J connectivity index is 1.40. The average Bonchev–Trinajstić information content (AvgIpc) is 3.38. The lowest BCUT2D eigenvalue weighted by molar-refractivity contribution is -0.133. The summed E-state index contributed by atoms with van der Waals surface area (Å²) in [7, 11) is 1.35. The quantitative estimate of drug-likeness (QED) is 0.375. The molecule has 3 aromatic carbocycles. The van der Waals surface area contributed by atoms with Gasteiger partial charge >= 0.3 is 12.2 Å². The van der Waals surface area contributed by atoms with Crippen LogP contribution in [0, 0.1) is 11.6 Å². The van der Waals surface area contributed by atoms with Crippen molar-refractivity contribution in [2.24, 2.45) is 0 Å². The Kier molecular flexibility index (Phi) is 7.74. The highest BCUT2D eigenvalue weighted by Crippen LogP contribution is 2.44. The van der Waals surface area contributed by atoms with Crippen LogP contribution < -0.4 is 15.5 Å². The van der Waals surface area contributed by atoms with E-state index in [1.165, 1.54) is 42.3 Å². The molecule has 1 spiro atoms. The van der Waals surface area contributed by atoms with E-state index in [-0.39, 0.29) is 37.1 Å². The standard InChI is InChI=1S/C29H25ClF2N4O6/c1-35(28(40)41)19-6-3-17(4-7-19)25(37)33-24(13-16-2-8-21(31)22(32)12-16)26(38)36-11-10-29(15-36)20-14-18(30)5-9-23(20)34-27(39)42-29/h2-9,12,14,24H,10-11,13,15H2,1H3,(H,33,37)(H,34,39)(H,40,41)/t24-,29?/m0/s1. The molecule has 3 N–H and O–H groups in total. The number of nitrogens with one attached hydrogen (secondary N) is 2. The Morgan fingerprint density at radius 1 is 1.12 bits per heavy atom. The largest absolute Gasteiger partial charge is 0.465 e. The number of carbonyl (C=O) groups is 4. The van der Waals surface area contributed by atoms with Gasteiger partial charge in [-0.2, -0.15) is 0 Å². The topological polar surface area (TPSA) is 128 Å². The first-order chi connectivity index (χ1) is 20.0. The summed E-state index contributed by atoms with van der Waals surface area (Å²) in [6.45, 7) is 0.158. The second-order valence-electron chi connectivity index (χ2n) is 10.1. The van der Waals surface area contributed by atoms with E-state index in [0.717, 1.165) is 17.0 Å². The predicted molar refractivity (Wildman–Crippen MR) is 149 cm³/mol. The molecule has 3 aromatic rings. The van der Waals surface area contributed by atoms with Gasteiger partial charge in [0.15, 0.2) is 17.2 Å². The third-order valence-electron chi connectivity index (χ3n) is 7.37. The number of amides is 4. The smallest absolute Gasteiger partial charge is 0.412 e. The van der Waals surface area contributed by atoms with E-state index in [1.807, 2.05) is 0 Å². The van der Waals surface area contributed by atoms with Crippen molar-refractivity contribution in [3.8, 4) is 0 Å². The maximum Gasteiger partial charge on any atom is 0.412 e. The number of halogens is 3. The highest BCUT2D eigenvalue weighted by Gasteiger charge is 2.49. The molecule has 4 amide bonds. The maximum absolute atomic E-state index is 14.0. The van der Waals surface area contributed by atoms with Gasteiger partial charge in [-0.3, -0.25) is 19.8 Å². The van der Waals surface area contributed by atoms with Crippen molar-refractivity contribution in [3.05, 3.63) is 94.0 Å². The zero-order chi connectivity index (χ0) is 30.2. The second-order valence-corrected chi connectivity index (χ2v) is 10.5. The van der Waals surface area contributed by atoms with Crippen LogP contribution >= 0.6 is 11.6 Å². The van der Waals surface area contributed by atoms with Gasteiger partial charge in [0.1, 0.15) is 6.04 Å². The first kappa shape index (κ1) is 28.8. The van der Waals surface area contributed by atoms with E-state index in [9.17, 15) is 28.0 Å². The van der Waals surface area contributed by atoms with Crippen molar-refractivity contribution in [1.29, 1.82) is 0 Å². The van der Waals surface area contributed by atoms with Gasteiger partial charge in [0.25, 0.3) is 5.91 Å². The summed E-state index contributed by atoms with van der Waals surface area (Å²) in [5.41, 5.74) is 0.694. The van der Waals surface area contributed by atoms with Crippen LogP contribution in [0.5, 0.6) is 0 Å². The number of ether oxygens (including phenoxy) is 1. The first-order valence-corrected chi connectivity index (χ1v) is 13.2. The minimum atomic E-state index is -1.20. The molecule has 13 heteroatoms. The molecule has 10 nitrogen and oxygen atoms in total. The van der Waals surface area contributed by atoms with Crippen LogP contribution in [0.1, 0.15) is 27.9 Å². The van der Waals surface area contributed by atoms with Crippen LogP contribution in [0.3, 0.4) is 0 Å². The Bertz CT molecular complexity index is 1590. The zero-order valence-electron chi connectivity index (χ0n) is 22.2. The summed E-state index contributed by atoms with van der Waals surface area (Å²) in [5.74, 6) is -3.31. The molecule has 218 valence electrons. The molecule has 1 fully saturated rings. The number of carboxylic acid groups (broad SMARTS) is 1. The van der Waals surface area contributed by atoms with Crippen molar-refractivity contribution in [2.45, 2.75) is 24.5 Å². The van der Waals surface area contributed by atoms with E-state index < -0.39 is 47.3 Å². The van der Waals surface area contributed by atoms with Gasteiger partial charge < -0.3 is 20.1 Å². The van der Waals surface area contributed by atoms with E-state index >= 15 is 0 Å². The Labute approximate surface area is 243 Å². The van der Waals surface area contributed by atoms with Crippen molar-refractivity contribution in [2.75, 3.05) is 30.4 Å². The van der Waals surface area contributed by atoms with Crippen LogP contribution in [-0.2, 0) is 21.6 Å². The minimum absolute atomic E-state index is 0.0209. The van der Waals surface area contributed by atoms with E-state index in [1.54, 1.807) is 18.2 Å². The van der Waals surface area contributed by atoms with E-state index in [0.29, 0.717) is 22.0 Å². The average molecular weight is 599 g/mol. The van der Waals surface area contributed by atoms with Gasteiger partial charge in [0.05, 0.1) is 12.2 Å². The lowest BCUT2D eigenvalue weighted by atomic mass is 9.90. The zero-order valence-corrected chi connectivity index (χ0v) is 23.0. The van der Waals surface area contributed by atoms with Crippen molar-refractivity contribution >= 4 is 47.0 Å². The van der Waals surface area contributed by atoms with Crippen LogP contribution in [0.15, 0.2) is 60.7 Å². The molecule has 0 saturated carbocycles. The van der Waals surface area contributed by atoms with Crippen LogP contribution in [0.4, 0.5) is 29.7 Å². The molecule has 1 unspecified atom stereocenters. The number of rotatable bonds is 6. The van der Waals surface area contributed by atoms with Crippen molar-refractivity contribution in [3.63, 3.8) is 0 Å². The van der Waals surface area contributed by atoms with E-state index in [4.69, 9.17) is 21.4 Å². The molecular weight excluding hydrogens is 574 g/mol. The third-order valence-corrected chi connectivity index (χ3v) is 7.61. The van der Waals surface area contributed by atoms with Gasteiger partial charge in [-0.1, -0.05) is 17.7 Å². The van der Waals surface area contributed by atoms with Gasteiger partial charge in [0, 0.05) is 48.3 Å². The number of hydrogen-bond acceptors (Lipinski definition) is 5. The van der Waals surface area contributed by atoms with E-state index in [2.05, 4.69) is 10.6 Å². The SMILES string of the molecule is CN(C(=O)O)c1ccc(C(=O)N[C@@H](Cc2ccc(F)c(F)c2)C(=O)N2CCC3(C2)OC(=O)Nc2ccc(Cl)cc23)cc1. The molecule has 2 aliphatic rings. The number of anilines is 2. The fraction of sp³-hybridized carbons (Fsp3) is 0.241. The van der Waals surface area contributed by atoms with Gasteiger partial charge in [0.2, 0.25) is 5.91 Å². The molecule has 0 aromatic heterocycles. The fourth-order valence-corrected chi connectivity index (χ4v) is 5.33. The van der Waals surface area contributed by atoms with Crippen molar-refractivity contribution in [1.82, 2.24) is 10.2 Å². The normalized spacial score (nSPS) is 18.1. The highest BCUT2D eigenvalue weighted by molar-refractivity contribution is 6.30. The van der Waals surface area contributed by atoms with Gasteiger partial charge in [-0.25, -0.2) is 18.4 Å². The monoisotopic (exact) mass is 598 g/mol.